The normalized spacial score (nSPS) is 11.3. The van der Waals surface area contributed by atoms with Gasteiger partial charge in [-0.1, -0.05) is 36.5 Å². The lowest BCUT2D eigenvalue weighted by Gasteiger charge is -2.25. The van der Waals surface area contributed by atoms with Gasteiger partial charge in [0.1, 0.15) is 17.0 Å². The van der Waals surface area contributed by atoms with Crippen LogP contribution >= 0.6 is 11.8 Å². The van der Waals surface area contributed by atoms with E-state index in [0.717, 1.165) is 22.2 Å². The van der Waals surface area contributed by atoms with Gasteiger partial charge in [-0.25, -0.2) is 9.59 Å². The molecule has 0 aliphatic carbocycles. The van der Waals surface area contributed by atoms with Gasteiger partial charge >= 0.3 is 12.1 Å². The molecule has 1 aromatic carbocycles. The smallest absolute Gasteiger partial charge is 0.414 e. The molecule has 0 saturated heterocycles. The third-order valence-electron chi connectivity index (χ3n) is 3.57. The second kappa shape index (κ2) is 11.2. The van der Waals surface area contributed by atoms with Crippen molar-refractivity contribution in [1.82, 2.24) is 15.5 Å². The highest BCUT2D eigenvalue weighted by molar-refractivity contribution is 8.13. The van der Waals surface area contributed by atoms with Crippen molar-refractivity contribution in [3.63, 3.8) is 0 Å². The SMILES string of the molecule is C=C(C(=O)N/C(=N/C(=O)NCc1ccccc1OC)SC)N(C)C(=O)OC(C)(C)C. The van der Waals surface area contributed by atoms with E-state index in [1.165, 1.54) is 7.05 Å². The summed E-state index contributed by atoms with van der Waals surface area (Å²) in [5, 5.41) is 5.14. The maximum Gasteiger partial charge on any atom is 0.414 e. The van der Waals surface area contributed by atoms with Gasteiger partial charge in [0.15, 0.2) is 5.17 Å². The van der Waals surface area contributed by atoms with Gasteiger partial charge in [0.25, 0.3) is 5.91 Å². The number of carbonyl (C=O) groups is 3. The first-order chi connectivity index (χ1) is 14.0. The number of nitrogens with zero attached hydrogens (tertiary/aromatic N) is 2. The number of benzene rings is 1. The largest absolute Gasteiger partial charge is 0.496 e. The van der Waals surface area contributed by atoms with E-state index in [4.69, 9.17) is 9.47 Å². The molecule has 30 heavy (non-hydrogen) atoms. The standard InChI is InChI=1S/C20H28N4O5S/c1-13(24(5)19(27)29-20(2,3)4)16(25)22-18(30-7)23-17(26)21-12-14-10-8-9-11-15(14)28-6/h8-11H,1,12H2,2-7H3,(H2,21,22,23,25,26). The van der Waals surface area contributed by atoms with Crippen LogP contribution in [0.5, 0.6) is 5.75 Å². The monoisotopic (exact) mass is 436 g/mol. The van der Waals surface area contributed by atoms with Crippen LogP contribution in [0, 0.1) is 0 Å². The number of amides is 4. The number of para-hydroxylation sites is 1. The average molecular weight is 437 g/mol. The minimum atomic E-state index is -0.722. The van der Waals surface area contributed by atoms with Crippen LogP contribution < -0.4 is 15.4 Å². The quantitative estimate of drug-likeness (QED) is 0.417. The summed E-state index contributed by atoms with van der Waals surface area (Å²) in [7, 11) is 2.91. The Balaban J connectivity index is 2.71. The molecule has 1 aromatic rings. The summed E-state index contributed by atoms with van der Waals surface area (Å²) in [6.45, 7) is 8.94. The number of methoxy groups -OCH3 is 1. The third-order valence-corrected chi connectivity index (χ3v) is 4.15. The average Bonchev–Trinajstić information content (AvgIpc) is 2.69. The van der Waals surface area contributed by atoms with Gasteiger partial charge in [-0.15, -0.1) is 0 Å². The minimum Gasteiger partial charge on any atom is -0.496 e. The molecule has 0 spiro atoms. The van der Waals surface area contributed by atoms with E-state index in [2.05, 4.69) is 22.2 Å². The van der Waals surface area contributed by atoms with Gasteiger partial charge in [-0.05, 0) is 33.1 Å². The number of likely N-dealkylation sites (N-methyl/N-ethyl adjacent to an activating group) is 1. The van der Waals surface area contributed by atoms with Crippen LogP contribution in [0.25, 0.3) is 0 Å². The maximum atomic E-state index is 12.4. The second-order valence-electron chi connectivity index (χ2n) is 7.03. The Kier molecular flexibility index (Phi) is 9.38. The Labute approximate surface area is 180 Å². The zero-order valence-corrected chi connectivity index (χ0v) is 18.9. The fourth-order valence-corrected chi connectivity index (χ4v) is 2.41. The summed E-state index contributed by atoms with van der Waals surface area (Å²) in [4.78, 5) is 41.4. The number of rotatable bonds is 5. The van der Waals surface area contributed by atoms with Gasteiger partial charge in [0.2, 0.25) is 0 Å². The van der Waals surface area contributed by atoms with Crippen molar-refractivity contribution < 1.29 is 23.9 Å². The van der Waals surface area contributed by atoms with Crippen LogP contribution in [0.1, 0.15) is 26.3 Å². The van der Waals surface area contributed by atoms with Crippen LogP contribution in [0.3, 0.4) is 0 Å². The van der Waals surface area contributed by atoms with Crippen molar-refractivity contribution in [2.24, 2.45) is 4.99 Å². The molecule has 0 aromatic heterocycles. The molecule has 10 heteroatoms. The summed E-state index contributed by atoms with van der Waals surface area (Å²) in [5.74, 6) is -0.0457. The Morgan fingerprint density at radius 3 is 2.43 bits per heavy atom. The van der Waals surface area contributed by atoms with Gasteiger partial charge in [0.05, 0.1) is 7.11 Å². The highest BCUT2D eigenvalue weighted by Gasteiger charge is 2.24. The van der Waals surface area contributed by atoms with E-state index < -0.39 is 23.6 Å². The van der Waals surface area contributed by atoms with Gasteiger partial charge in [0, 0.05) is 19.2 Å². The van der Waals surface area contributed by atoms with E-state index in [1.807, 2.05) is 18.2 Å². The molecule has 0 radical (unpaired) electrons. The lowest BCUT2D eigenvalue weighted by atomic mass is 10.2. The van der Waals surface area contributed by atoms with Gasteiger partial charge in [-0.3, -0.25) is 15.0 Å². The molecule has 164 valence electrons. The molecule has 0 saturated carbocycles. The van der Waals surface area contributed by atoms with E-state index in [1.54, 1.807) is 40.2 Å². The first kappa shape index (κ1) is 25.0. The van der Waals surface area contributed by atoms with Crippen LogP contribution in [-0.2, 0) is 16.1 Å². The first-order valence-corrected chi connectivity index (χ1v) is 10.2. The number of aliphatic imine (C=N–C) groups is 1. The number of urea groups is 1. The summed E-state index contributed by atoms with van der Waals surface area (Å²) < 4.78 is 10.4. The molecule has 1 rings (SSSR count). The third kappa shape index (κ3) is 8.16. The summed E-state index contributed by atoms with van der Waals surface area (Å²) in [6.07, 6.45) is 0.923. The number of hydrogen-bond donors (Lipinski definition) is 2. The highest BCUT2D eigenvalue weighted by Crippen LogP contribution is 2.16. The first-order valence-electron chi connectivity index (χ1n) is 8.98. The van der Waals surface area contributed by atoms with E-state index in [-0.39, 0.29) is 17.4 Å². The topological polar surface area (TPSA) is 109 Å². The molecular formula is C20H28N4O5S. The molecule has 0 fully saturated rings. The van der Waals surface area contributed by atoms with Crippen molar-refractivity contribution >= 4 is 35.0 Å². The van der Waals surface area contributed by atoms with E-state index in [0.29, 0.717) is 5.75 Å². The Morgan fingerprint density at radius 1 is 1.23 bits per heavy atom. The molecular weight excluding hydrogens is 408 g/mol. The van der Waals surface area contributed by atoms with Crippen molar-refractivity contribution in [3.05, 3.63) is 42.1 Å². The highest BCUT2D eigenvalue weighted by atomic mass is 32.2. The van der Waals surface area contributed by atoms with Crippen molar-refractivity contribution in [3.8, 4) is 5.75 Å². The number of carbonyl (C=O) groups excluding carboxylic acids is 3. The number of ether oxygens (including phenoxy) is 2. The summed E-state index contributed by atoms with van der Waals surface area (Å²) in [5.41, 5.74) is -0.0841. The maximum absolute atomic E-state index is 12.4. The second-order valence-corrected chi connectivity index (χ2v) is 7.83. The molecule has 0 unspecified atom stereocenters. The van der Waals surface area contributed by atoms with E-state index >= 15 is 0 Å². The van der Waals surface area contributed by atoms with Crippen LogP contribution in [0.15, 0.2) is 41.5 Å². The number of hydrogen-bond acceptors (Lipinski definition) is 6. The molecule has 4 amide bonds. The summed E-state index contributed by atoms with van der Waals surface area (Å²) >= 11 is 1.06. The predicted octanol–water partition coefficient (Wildman–Crippen LogP) is 3.12. The minimum absolute atomic E-state index is 0.0521. The van der Waals surface area contributed by atoms with Crippen molar-refractivity contribution in [2.75, 3.05) is 20.4 Å². The summed E-state index contributed by atoms with van der Waals surface area (Å²) in [6, 6.07) is 6.61. The van der Waals surface area contributed by atoms with Crippen LogP contribution in [-0.4, -0.2) is 54.1 Å². The fraction of sp³-hybridized carbons (Fsp3) is 0.400. The zero-order valence-electron chi connectivity index (χ0n) is 18.1. The lowest BCUT2D eigenvalue weighted by molar-refractivity contribution is -0.117. The van der Waals surface area contributed by atoms with E-state index in [9.17, 15) is 14.4 Å². The number of amidine groups is 1. The van der Waals surface area contributed by atoms with Gasteiger partial charge < -0.3 is 14.8 Å². The van der Waals surface area contributed by atoms with Crippen LogP contribution in [0.2, 0.25) is 0 Å². The van der Waals surface area contributed by atoms with Gasteiger partial charge in [-0.2, -0.15) is 4.99 Å². The molecule has 9 nitrogen and oxygen atoms in total. The van der Waals surface area contributed by atoms with Crippen molar-refractivity contribution in [2.45, 2.75) is 32.9 Å². The molecule has 0 aliphatic heterocycles. The zero-order chi connectivity index (χ0) is 22.9. The Hall–Kier alpha value is -3.01. The molecule has 0 aliphatic rings. The molecule has 0 bridgehead atoms. The molecule has 0 atom stereocenters. The molecule has 2 N–H and O–H groups in total. The Bertz CT molecular complexity index is 833. The fourth-order valence-electron chi connectivity index (χ4n) is 2.04. The number of nitrogens with one attached hydrogen (secondary N) is 2. The van der Waals surface area contributed by atoms with Crippen LogP contribution in [0.4, 0.5) is 9.59 Å². The predicted molar refractivity (Wildman–Crippen MR) is 117 cm³/mol. The lowest BCUT2D eigenvalue weighted by Crippen LogP contribution is -2.40. The number of thioether (sulfide) groups is 1. The molecule has 0 heterocycles. The van der Waals surface area contributed by atoms with Crippen molar-refractivity contribution in [1.29, 1.82) is 0 Å². The Morgan fingerprint density at radius 2 is 1.87 bits per heavy atom.